The Balaban J connectivity index is 3.48. The van der Waals surface area contributed by atoms with Crippen molar-refractivity contribution in [3.63, 3.8) is 0 Å². The van der Waals surface area contributed by atoms with Gasteiger partial charge in [0.2, 0.25) is 0 Å². The third-order valence-corrected chi connectivity index (χ3v) is 1.93. The second-order valence-corrected chi connectivity index (χ2v) is 2.93. The van der Waals surface area contributed by atoms with Crippen LogP contribution in [0.5, 0.6) is 0 Å². The zero-order valence-corrected chi connectivity index (χ0v) is 7.80. The number of carboxylic acids is 1. The van der Waals surface area contributed by atoms with Crippen LogP contribution in [0.3, 0.4) is 0 Å². The molecule has 1 atom stereocenters. The van der Waals surface area contributed by atoms with E-state index in [-0.39, 0.29) is 0 Å². The molecular formula is C8H10N2O4. The molecule has 1 aromatic heterocycles. The van der Waals surface area contributed by atoms with Crippen molar-refractivity contribution < 1.29 is 9.90 Å². The third kappa shape index (κ3) is 1.59. The van der Waals surface area contributed by atoms with Gasteiger partial charge in [-0.05, 0) is 6.92 Å². The van der Waals surface area contributed by atoms with Crippen molar-refractivity contribution in [1.29, 1.82) is 0 Å². The van der Waals surface area contributed by atoms with Gasteiger partial charge in [-0.3, -0.25) is 4.79 Å². The molecule has 0 amide bonds. The number of aryl methyl sites for hydroxylation is 1. The molecule has 14 heavy (non-hydrogen) atoms. The number of hydrogen-bond donors (Lipinski definition) is 1. The van der Waals surface area contributed by atoms with E-state index < -0.39 is 23.3 Å². The number of aromatic nitrogens is 2. The summed E-state index contributed by atoms with van der Waals surface area (Å²) in [7, 11) is 1.45. The minimum Gasteiger partial charge on any atom is -0.480 e. The van der Waals surface area contributed by atoms with E-state index in [1.165, 1.54) is 20.2 Å². The monoisotopic (exact) mass is 198 g/mol. The maximum Gasteiger partial charge on any atom is 0.331 e. The Hall–Kier alpha value is -1.85. The summed E-state index contributed by atoms with van der Waals surface area (Å²) in [5, 5.41) is 8.67. The van der Waals surface area contributed by atoms with E-state index in [2.05, 4.69) is 0 Å². The zero-order valence-electron chi connectivity index (χ0n) is 7.80. The number of carbonyl (C=O) groups is 1. The minimum atomic E-state index is -1.21. The molecule has 0 saturated carbocycles. The minimum absolute atomic E-state index is 0.608. The lowest BCUT2D eigenvalue weighted by Crippen LogP contribution is -2.41. The van der Waals surface area contributed by atoms with Gasteiger partial charge in [0, 0.05) is 19.3 Å². The molecular weight excluding hydrogens is 188 g/mol. The molecule has 1 unspecified atom stereocenters. The van der Waals surface area contributed by atoms with Gasteiger partial charge in [-0.25, -0.2) is 14.2 Å². The van der Waals surface area contributed by atoms with E-state index in [4.69, 9.17) is 5.11 Å². The Kier molecular flexibility index (Phi) is 2.55. The van der Waals surface area contributed by atoms with E-state index >= 15 is 0 Å². The lowest BCUT2D eigenvalue weighted by molar-refractivity contribution is -0.140. The SMILES string of the molecule is CC(C(=O)O)n1c(=O)ccn(C)c1=O. The van der Waals surface area contributed by atoms with E-state index in [1.807, 2.05) is 0 Å². The van der Waals surface area contributed by atoms with Gasteiger partial charge in [-0.2, -0.15) is 0 Å². The van der Waals surface area contributed by atoms with Crippen LogP contribution in [0.15, 0.2) is 21.9 Å². The molecule has 0 aliphatic heterocycles. The van der Waals surface area contributed by atoms with Crippen LogP contribution < -0.4 is 11.2 Å². The van der Waals surface area contributed by atoms with Crippen molar-refractivity contribution in [3.05, 3.63) is 33.1 Å². The summed E-state index contributed by atoms with van der Waals surface area (Å²) in [6, 6.07) is 0.00306. The number of carboxylic acid groups (broad SMARTS) is 1. The van der Waals surface area contributed by atoms with Crippen LogP contribution in [0.4, 0.5) is 0 Å². The molecule has 0 aliphatic carbocycles. The molecule has 6 heteroatoms. The fourth-order valence-electron chi connectivity index (χ4n) is 1.05. The van der Waals surface area contributed by atoms with Gasteiger partial charge in [-0.15, -0.1) is 0 Å². The summed E-state index contributed by atoms with van der Waals surface area (Å²) in [5.41, 5.74) is -1.24. The Morgan fingerprint density at radius 3 is 2.57 bits per heavy atom. The molecule has 1 heterocycles. The van der Waals surface area contributed by atoms with E-state index in [9.17, 15) is 14.4 Å². The summed E-state index contributed by atoms with van der Waals surface area (Å²) in [5.74, 6) is -1.21. The third-order valence-electron chi connectivity index (χ3n) is 1.93. The highest BCUT2D eigenvalue weighted by molar-refractivity contribution is 5.71. The molecule has 1 N–H and O–H groups in total. The number of nitrogens with zero attached hydrogens (tertiary/aromatic N) is 2. The summed E-state index contributed by atoms with van der Waals surface area (Å²) in [4.78, 5) is 33.2. The summed E-state index contributed by atoms with van der Waals surface area (Å²) in [6.07, 6.45) is 1.30. The van der Waals surface area contributed by atoms with Crippen LogP contribution in [0.1, 0.15) is 13.0 Å². The molecule has 0 bridgehead atoms. The number of rotatable bonds is 2. The van der Waals surface area contributed by atoms with Gasteiger partial charge in [0.1, 0.15) is 6.04 Å². The fourth-order valence-corrected chi connectivity index (χ4v) is 1.05. The topological polar surface area (TPSA) is 81.3 Å². The first-order valence-corrected chi connectivity index (χ1v) is 3.96. The fraction of sp³-hybridized carbons (Fsp3) is 0.375. The van der Waals surface area contributed by atoms with Gasteiger partial charge in [0.05, 0.1) is 0 Å². The molecule has 1 rings (SSSR count). The van der Waals surface area contributed by atoms with Gasteiger partial charge in [0.15, 0.2) is 0 Å². The lowest BCUT2D eigenvalue weighted by Gasteiger charge is -2.09. The molecule has 1 aromatic rings. The van der Waals surface area contributed by atoms with Gasteiger partial charge < -0.3 is 9.67 Å². The number of aliphatic carboxylic acids is 1. The molecule has 76 valence electrons. The highest BCUT2D eigenvalue weighted by Gasteiger charge is 2.17. The first-order valence-electron chi connectivity index (χ1n) is 3.96. The number of hydrogen-bond acceptors (Lipinski definition) is 3. The molecule has 0 saturated heterocycles. The maximum atomic E-state index is 11.4. The van der Waals surface area contributed by atoms with Crippen LogP contribution in [0.25, 0.3) is 0 Å². The second kappa shape index (κ2) is 3.49. The summed E-state index contributed by atoms with van der Waals surface area (Å²) in [6.45, 7) is 1.28. The Morgan fingerprint density at radius 1 is 1.50 bits per heavy atom. The van der Waals surface area contributed by atoms with Gasteiger partial charge >= 0.3 is 11.7 Å². The van der Waals surface area contributed by atoms with Crippen molar-refractivity contribution in [2.75, 3.05) is 0 Å². The van der Waals surface area contributed by atoms with Crippen molar-refractivity contribution in [1.82, 2.24) is 9.13 Å². The normalized spacial score (nSPS) is 12.4. The summed E-state index contributed by atoms with van der Waals surface area (Å²) < 4.78 is 1.85. The van der Waals surface area contributed by atoms with Gasteiger partial charge in [-0.1, -0.05) is 0 Å². The Labute approximate surface area is 79.0 Å². The van der Waals surface area contributed by atoms with E-state index in [0.29, 0.717) is 4.57 Å². The van der Waals surface area contributed by atoms with E-state index in [1.54, 1.807) is 0 Å². The zero-order chi connectivity index (χ0) is 10.9. The molecule has 0 spiro atoms. The molecule has 0 aliphatic rings. The smallest absolute Gasteiger partial charge is 0.331 e. The predicted octanol–water partition coefficient (Wildman–Crippen LogP) is -0.807. The molecule has 0 fully saturated rings. The van der Waals surface area contributed by atoms with Crippen molar-refractivity contribution in [3.8, 4) is 0 Å². The largest absolute Gasteiger partial charge is 0.480 e. The highest BCUT2D eigenvalue weighted by Crippen LogP contribution is 1.96. The van der Waals surface area contributed by atoms with Crippen molar-refractivity contribution in [2.45, 2.75) is 13.0 Å². The van der Waals surface area contributed by atoms with Crippen LogP contribution in [-0.2, 0) is 11.8 Å². The second-order valence-electron chi connectivity index (χ2n) is 2.93. The standard InChI is InChI=1S/C8H10N2O4/c1-5(7(12)13)10-6(11)3-4-9(2)8(10)14/h3-5H,1-2H3,(H,12,13). The predicted molar refractivity (Wildman–Crippen MR) is 48.3 cm³/mol. The van der Waals surface area contributed by atoms with Crippen molar-refractivity contribution >= 4 is 5.97 Å². The van der Waals surface area contributed by atoms with Crippen LogP contribution in [0, 0.1) is 0 Å². The van der Waals surface area contributed by atoms with Crippen LogP contribution in [-0.4, -0.2) is 20.2 Å². The Morgan fingerprint density at radius 2 is 2.07 bits per heavy atom. The van der Waals surface area contributed by atoms with Crippen molar-refractivity contribution in [2.24, 2.45) is 7.05 Å². The first kappa shape index (κ1) is 10.2. The maximum absolute atomic E-state index is 11.4. The quantitative estimate of drug-likeness (QED) is 0.674. The van der Waals surface area contributed by atoms with Gasteiger partial charge in [0.25, 0.3) is 5.56 Å². The Bertz CT molecular complexity index is 471. The van der Waals surface area contributed by atoms with Crippen LogP contribution in [0.2, 0.25) is 0 Å². The average Bonchev–Trinajstić information content (AvgIpc) is 2.12. The first-order chi connectivity index (χ1) is 6.45. The van der Waals surface area contributed by atoms with E-state index in [0.717, 1.165) is 10.6 Å². The van der Waals surface area contributed by atoms with Crippen LogP contribution >= 0.6 is 0 Å². The molecule has 6 nitrogen and oxygen atoms in total. The molecule has 0 radical (unpaired) electrons. The molecule has 0 aromatic carbocycles. The average molecular weight is 198 g/mol. The summed E-state index contributed by atoms with van der Waals surface area (Å²) >= 11 is 0. The lowest BCUT2D eigenvalue weighted by atomic mass is 10.3. The highest BCUT2D eigenvalue weighted by atomic mass is 16.4.